The monoisotopic (exact) mass is 456 g/mol. The maximum Gasteiger partial charge on any atom is 0.268 e. The van der Waals surface area contributed by atoms with Gasteiger partial charge in [-0.15, -0.1) is 0 Å². The second-order valence-corrected chi connectivity index (χ2v) is 10.0. The van der Waals surface area contributed by atoms with Gasteiger partial charge in [-0.25, -0.2) is 18.3 Å². The summed E-state index contributed by atoms with van der Waals surface area (Å²) in [5, 5.41) is 0. The first-order valence-corrected chi connectivity index (χ1v) is 11.9. The van der Waals surface area contributed by atoms with Gasteiger partial charge < -0.3 is 9.80 Å². The first-order valence-electron chi connectivity index (χ1n) is 10.3. The quantitative estimate of drug-likeness (QED) is 0.660. The Morgan fingerprint density at radius 3 is 2.65 bits per heavy atom. The van der Waals surface area contributed by atoms with Gasteiger partial charge in [0.15, 0.2) is 0 Å². The van der Waals surface area contributed by atoms with E-state index in [4.69, 9.17) is 0 Å². The standard InChI is InChI=1S/C20H29FN4O5S/c1-14-5-4-10-31(28,29)25(14)12-16-6-7-17(11-18(16)21)23-8-9-24(15(2)26)19(13-23)20(27)22-30-3/h6-7,11,14,19H,4-5,8-10,12-13H2,1-3H3,(H,22,27). The van der Waals surface area contributed by atoms with Crippen molar-refractivity contribution >= 4 is 27.5 Å². The fourth-order valence-corrected chi connectivity index (χ4v) is 5.92. The summed E-state index contributed by atoms with van der Waals surface area (Å²) in [4.78, 5) is 32.2. The molecule has 0 aromatic heterocycles. The number of benzene rings is 1. The molecule has 2 amide bonds. The van der Waals surface area contributed by atoms with Crippen molar-refractivity contribution < 1.29 is 27.2 Å². The van der Waals surface area contributed by atoms with Crippen LogP contribution in [0.1, 0.15) is 32.3 Å². The molecule has 172 valence electrons. The summed E-state index contributed by atoms with van der Waals surface area (Å²) in [6, 6.07) is 3.72. The average molecular weight is 457 g/mol. The third kappa shape index (κ3) is 5.16. The maximum absolute atomic E-state index is 14.9. The number of hydrogen-bond donors (Lipinski definition) is 1. The van der Waals surface area contributed by atoms with Crippen LogP contribution in [0.2, 0.25) is 0 Å². The van der Waals surface area contributed by atoms with Gasteiger partial charge >= 0.3 is 0 Å². The second-order valence-electron chi connectivity index (χ2n) is 7.97. The van der Waals surface area contributed by atoms with E-state index < -0.39 is 27.8 Å². The van der Waals surface area contributed by atoms with Crippen molar-refractivity contribution in [2.45, 2.75) is 45.3 Å². The van der Waals surface area contributed by atoms with Crippen LogP contribution in [0.3, 0.4) is 0 Å². The molecule has 2 aliphatic rings. The van der Waals surface area contributed by atoms with E-state index in [9.17, 15) is 22.4 Å². The number of piperazine rings is 1. The highest BCUT2D eigenvalue weighted by atomic mass is 32.2. The smallest absolute Gasteiger partial charge is 0.268 e. The Bertz CT molecular complexity index is 941. The maximum atomic E-state index is 14.9. The molecule has 2 saturated heterocycles. The van der Waals surface area contributed by atoms with Crippen LogP contribution in [-0.2, 0) is 31.0 Å². The van der Waals surface area contributed by atoms with Crippen LogP contribution < -0.4 is 10.4 Å². The number of nitrogens with zero attached hydrogens (tertiary/aromatic N) is 3. The van der Waals surface area contributed by atoms with Crippen molar-refractivity contribution in [3.05, 3.63) is 29.6 Å². The Hall–Kier alpha value is -2.24. The van der Waals surface area contributed by atoms with Gasteiger partial charge in [-0.1, -0.05) is 6.07 Å². The van der Waals surface area contributed by atoms with Gasteiger partial charge in [-0.2, -0.15) is 4.31 Å². The number of anilines is 1. The normalized spacial score (nSPS) is 24.1. The summed E-state index contributed by atoms with van der Waals surface area (Å²) < 4.78 is 41.0. The van der Waals surface area contributed by atoms with Crippen molar-refractivity contribution in [3.63, 3.8) is 0 Å². The second kappa shape index (κ2) is 9.49. The molecule has 2 heterocycles. The largest absolute Gasteiger partial charge is 0.367 e. The Morgan fingerprint density at radius 1 is 1.29 bits per heavy atom. The SMILES string of the molecule is CONC(=O)C1CN(c2ccc(CN3C(C)CCCS3(=O)=O)c(F)c2)CCN1C(C)=O. The summed E-state index contributed by atoms with van der Waals surface area (Å²) in [5.41, 5.74) is 3.12. The molecule has 1 aromatic carbocycles. The number of nitrogens with one attached hydrogen (secondary N) is 1. The molecule has 9 nitrogen and oxygen atoms in total. The van der Waals surface area contributed by atoms with Crippen LogP contribution in [0, 0.1) is 5.82 Å². The van der Waals surface area contributed by atoms with Gasteiger partial charge in [-0.05, 0) is 31.9 Å². The number of amides is 2. The zero-order valence-corrected chi connectivity index (χ0v) is 18.8. The molecule has 1 aromatic rings. The minimum atomic E-state index is -3.39. The van der Waals surface area contributed by atoms with Crippen LogP contribution in [0.4, 0.5) is 10.1 Å². The number of halogens is 1. The Morgan fingerprint density at radius 2 is 2.03 bits per heavy atom. The third-order valence-corrected chi connectivity index (χ3v) is 7.90. The molecule has 0 spiro atoms. The van der Waals surface area contributed by atoms with Crippen molar-refractivity contribution in [1.82, 2.24) is 14.7 Å². The third-order valence-electron chi connectivity index (χ3n) is 5.89. The number of rotatable bonds is 5. The summed E-state index contributed by atoms with van der Waals surface area (Å²) in [5.74, 6) is -1.10. The van der Waals surface area contributed by atoms with Gasteiger partial charge in [0, 0.05) is 50.4 Å². The highest BCUT2D eigenvalue weighted by molar-refractivity contribution is 7.89. The van der Waals surface area contributed by atoms with Gasteiger partial charge in [0.1, 0.15) is 11.9 Å². The molecule has 2 atom stereocenters. The molecule has 3 rings (SSSR count). The fraction of sp³-hybridized carbons (Fsp3) is 0.600. The van der Waals surface area contributed by atoms with Crippen LogP contribution in [-0.4, -0.2) is 74.0 Å². The molecule has 0 bridgehead atoms. The number of sulfonamides is 1. The van der Waals surface area contributed by atoms with Crippen molar-refractivity contribution in [2.75, 3.05) is 37.4 Å². The van der Waals surface area contributed by atoms with Gasteiger partial charge in [0.25, 0.3) is 5.91 Å². The molecule has 11 heteroatoms. The van der Waals surface area contributed by atoms with Crippen molar-refractivity contribution in [1.29, 1.82) is 0 Å². The topological polar surface area (TPSA) is 99.3 Å². The van der Waals surface area contributed by atoms with Crippen molar-refractivity contribution in [3.8, 4) is 0 Å². The molecular formula is C20H29FN4O5S. The highest BCUT2D eigenvalue weighted by Crippen LogP contribution is 2.27. The van der Waals surface area contributed by atoms with E-state index in [0.717, 1.165) is 6.42 Å². The van der Waals surface area contributed by atoms with Crippen molar-refractivity contribution in [2.24, 2.45) is 0 Å². The van der Waals surface area contributed by atoms with Gasteiger partial charge in [0.2, 0.25) is 15.9 Å². The number of hydroxylamine groups is 1. The lowest BCUT2D eigenvalue weighted by molar-refractivity contribution is -0.145. The number of carbonyl (C=O) groups excluding carboxylic acids is 2. The molecule has 0 aliphatic carbocycles. The number of hydrogen-bond acceptors (Lipinski definition) is 6. The summed E-state index contributed by atoms with van der Waals surface area (Å²) in [6.07, 6.45) is 1.37. The summed E-state index contributed by atoms with van der Waals surface area (Å²) in [6.45, 7) is 4.16. The van der Waals surface area contributed by atoms with Gasteiger partial charge in [0.05, 0.1) is 12.9 Å². The molecule has 0 radical (unpaired) electrons. The van der Waals surface area contributed by atoms with E-state index in [1.807, 2.05) is 11.8 Å². The van der Waals surface area contributed by atoms with Gasteiger partial charge in [-0.3, -0.25) is 14.4 Å². The first-order chi connectivity index (χ1) is 14.6. The number of carbonyl (C=O) groups is 2. The van der Waals surface area contributed by atoms with E-state index in [1.165, 1.54) is 29.3 Å². The molecule has 2 fully saturated rings. The Labute approximate surface area is 182 Å². The molecule has 2 aliphatic heterocycles. The van der Waals surface area contributed by atoms with Crippen LogP contribution in [0.5, 0.6) is 0 Å². The lowest BCUT2D eigenvalue weighted by atomic mass is 10.1. The molecule has 31 heavy (non-hydrogen) atoms. The highest BCUT2D eigenvalue weighted by Gasteiger charge is 2.35. The molecule has 2 unspecified atom stereocenters. The van der Waals surface area contributed by atoms with Crippen LogP contribution in [0.25, 0.3) is 0 Å². The molecule has 0 saturated carbocycles. The Kier molecular flexibility index (Phi) is 7.17. The lowest BCUT2D eigenvalue weighted by Gasteiger charge is -2.41. The molecular weight excluding hydrogens is 427 g/mol. The predicted molar refractivity (Wildman–Crippen MR) is 113 cm³/mol. The van der Waals surface area contributed by atoms with E-state index in [0.29, 0.717) is 30.8 Å². The van der Waals surface area contributed by atoms with E-state index in [-0.39, 0.29) is 30.8 Å². The zero-order chi connectivity index (χ0) is 22.8. The minimum absolute atomic E-state index is 0.00734. The summed E-state index contributed by atoms with van der Waals surface area (Å²) >= 11 is 0. The van der Waals surface area contributed by atoms with E-state index in [1.54, 1.807) is 12.1 Å². The fourth-order valence-electron chi connectivity index (χ4n) is 4.17. The van der Waals surface area contributed by atoms with E-state index in [2.05, 4.69) is 10.3 Å². The average Bonchev–Trinajstić information content (AvgIpc) is 2.71. The van der Waals surface area contributed by atoms with Crippen LogP contribution in [0.15, 0.2) is 18.2 Å². The van der Waals surface area contributed by atoms with E-state index >= 15 is 0 Å². The first kappa shape index (κ1) is 23.4. The predicted octanol–water partition coefficient (Wildman–Crippen LogP) is 0.854. The lowest BCUT2D eigenvalue weighted by Crippen LogP contribution is -2.60. The minimum Gasteiger partial charge on any atom is -0.367 e. The molecule has 1 N–H and O–H groups in total. The Balaban J connectivity index is 1.77. The summed E-state index contributed by atoms with van der Waals surface area (Å²) in [7, 11) is -2.08. The zero-order valence-electron chi connectivity index (χ0n) is 18.0. The van der Waals surface area contributed by atoms with Crippen LogP contribution >= 0.6 is 0 Å².